The van der Waals surface area contributed by atoms with Gasteiger partial charge in [-0.15, -0.1) is 11.8 Å². The van der Waals surface area contributed by atoms with Crippen LogP contribution in [0, 0.1) is 5.82 Å². The van der Waals surface area contributed by atoms with Gasteiger partial charge in [-0.2, -0.15) is 5.10 Å². The quantitative estimate of drug-likeness (QED) is 0.630. The molecule has 1 aliphatic heterocycles. The molecule has 0 saturated carbocycles. The second-order valence-corrected chi connectivity index (χ2v) is 6.78. The van der Waals surface area contributed by atoms with Crippen LogP contribution in [0.15, 0.2) is 46.5 Å². The molecule has 3 heterocycles. The third-order valence-electron chi connectivity index (χ3n) is 3.91. The number of thioether (sulfide) groups is 1. The Morgan fingerprint density at radius 3 is 3.08 bits per heavy atom. The summed E-state index contributed by atoms with van der Waals surface area (Å²) in [4.78, 5) is 12.3. The summed E-state index contributed by atoms with van der Waals surface area (Å²) in [6, 6.07) is 6.87. The van der Waals surface area contributed by atoms with E-state index in [9.17, 15) is 4.39 Å². The van der Waals surface area contributed by atoms with E-state index >= 15 is 0 Å². The number of hydrogen-bond acceptors (Lipinski definition) is 5. The second kappa shape index (κ2) is 6.24. The third-order valence-corrected chi connectivity index (χ3v) is 5.01. The van der Waals surface area contributed by atoms with Gasteiger partial charge in [-0.25, -0.2) is 13.9 Å². The second-order valence-electron chi connectivity index (χ2n) is 5.65. The molecule has 0 unspecified atom stereocenters. The van der Waals surface area contributed by atoms with Gasteiger partial charge < -0.3 is 4.90 Å². The summed E-state index contributed by atoms with van der Waals surface area (Å²) in [5.74, 6) is 1.44. The Labute approximate surface area is 143 Å². The molecule has 1 aliphatic rings. The summed E-state index contributed by atoms with van der Waals surface area (Å²) in [6.07, 6.45) is 5.47. The molecule has 0 fully saturated rings. The molecule has 0 atom stereocenters. The number of aromatic nitrogens is 3. The zero-order valence-corrected chi connectivity index (χ0v) is 14.0. The number of benzene rings is 1. The van der Waals surface area contributed by atoms with Crippen LogP contribution in [0.1, 0.15) is 11.1 Å². The Kier molecular flexibility index (Phi) is 3.93. The van der Waals surface area contributed by atoms with Crippen molar-refractivity contribution in [1.29, 1.82) is 0 Å². The Hall–Kier alpha value is -2.41. The van der Waals surface area contributed by atoms with Gasteiger partial charge in [0.2, 0.25) is 0 Å². The van der Waals surface area contributed by atoms with Crippen LogP contribution >= 0.6 is 11.8 Å². The molecule has 0 amide bonds. The zero-order chi connectivity index (χ0) is 16.5. The van der Waals surface area contributed by atoms with Crippen LogP contribution < -0.4 is 4.90 Å². The highest BCUT2D eigenvalue weighted by atomic mass is 32.2. The molecular weight excluding hydrogens is 325 g/mol. The lowest BCUT2D eigenvalue weighted by Gasteiger charge is -2.20. The van der Waals surface area contributed by atoms with Gasteiger partial charge in [0.1, 0.15) is 11.6 Å². The van der Waals surface area contributed by atoms with E-state index in [0.29, 0.717) is 13.1 Å². The van der Waals surface area contributed by atoms with Crippen LogP contribution in [-0.4, -0.2) is 40.2 Å². The van der Waals surface area contributed by atoms with Crippen molar-refractivity contribution in [3.05, 3.63) is 53.6 Å². The Morgan fingerprint density at radius 1 is 1.25 bits per heavy atom. The fraction of sp³-hybridized carbons (Fsp3) is 0.235. The molecule has 2 bridgehead atoms. The molecule has 0 saturated heterocycles. The monoisotopic (exact) mass is 341 g/mol. The number of aliphatic imine (C=N–C) groups is 1. The fourth-order valence-electron chi connectivity index (χ4n) is 2.70. The molecule has 122 valence electrons. The minimum absolute atomic E-state index is 0.216. The summed E-state index contributed by atoms with van der Waals surface area (Å²) in [5, 5.41) is 4.29. The molecule has 24 heavy (non-hydrogen) atoms. The average molecular weight is 341 g/mol. The Morgan fingerprint density at radius 2 is 2.17 bits per heavy atom. The maximum atomic E-state index is 13.7. The van der Waals surface area contributed by atoms with Crippen molar-refractivity contribution in [2.24, 2.45) is 4.99 Å². The van der Waals surface area contributed by atoms with Crippen molar-refractivity contribution < 1.29 is 4.39 Å². The lowest BCUT2D eigenvalue weighted by Crippen LogP contribution is -2.18. The maximum Gasteiger partial charge on any atom is 0.166 e. The number of nitrogens with zero attached hydrogens (tertiary/aromatic N) is 5. The standard InChI is InChI=1S/C17H16FN5S/c1-22-11-12-8-14(18)2-3-15(12)24-7-5-19-9-13-10-20-23-6-4-16(22)21-17(13)23/h2-4,6,8-10H,5,7,11H2,1H3. The van der Waals surface area contributed by atoms with Gasteiger partial charge in [-0.05, 0) is 29.8 Å². The van der Waals surface area contributed by atoms with E-state index in [1.807, 2.05) is 36.5 Å². The lowest BCUT2D eigenvalue weighted by molar-refractivity contribution is 0.623. The number of rotatable bonds is 0. The van der Waals surface area contributed by atoms with Crippen LogP contribution in [-0.2, 0) is 6.54 Å². The summed E-state index contributed by atoms with van der Waals surface area (Å²) in [5.41, 5.74) is 2.63. The van der Waals surface area contributed by atoms with Crippen molar-refractivity contribution in [2.75, 3.05) is 24.2 Å². The van der Waals surface area contributed by atoms with Gasteiger partial charge in [0.25, 0.3) is 0 Å². The topological polar surface area (TPSA) is 45.8 Å². The van der Waals surface area contributed by atoms with E-state index in [2.05, 4.69) is 10.1 Å². The summed E-state index contributed by atoms with van der Waals surface area (Å²) < 4.78 is 15.4. The first-order chi connectivity index (χ1) is 11.7. The first kappa shape index (κ1) is 15.1. The summed E-state index contributed by atoms with van der Waals surface area (Å²) >= 11 is 1.70. The lowest BCUT2D eigenvalue weighted by atomic mass is 10.2. The van der Waals surface area contributed by atoms with Crippen molar-refractivity contribution >= 4 is 29.4 Å². The zero-order valence-electron chi connectivity index (χ0n) is 13.2. The smallest absolute Gasteiger partial charge is 0.166 e. The van der Waals surface area contributed by atoms with Gasteiger partial charge in [0.05, 0.1) is 11.8 Å². The molecular formula is C17H16FN5S. The minimum atomic E-state index is -0.216. The van der Waals surface area contributed by atoms with E-state index in [-0.39, 0.29) is 5.82 Å². The predicted molar refractivity (Wildman–Crippen MR) is 94.7 cm³/mol. The van der Waals surface area contributed by atoms with E-state index in [4.69, 9.17) is 4.98 Å². The van der Waals surface area contributed by atoms with E-state index in [0.717, 1.165) is 33.2 Å². The van der Waals surface area contributed by atoms with Crippen LogP contribution in [0.5, 0.6) is 0 Å². The fourth-order valence-corrected chi connectivity index (χ4v) is 3.59. The highest BCUT2D eigenvalue weighted by Gasteiger charge is 2.12. The maximum absolute atomic E-state index is 13.7. The molecule has 5 nitrogen and oxygen atoms in total. The van der Waals surface area contributed by atoms with Crippen molar-refractivity contribution in [2.45, 2.75) is 11.4 Å². The molecule has 0 radical (unpaired) electrons. The molecule has 3 aromatic rings. The van der Waals surface area contributed by atoms with Crippen molar-refractivity contribution in [3.8, 4) is 0 Å². The van der Waals surface area contributed by atoms with E-state index < -0.39 is 0 Å². The SMILES string of the molecule is CN1Cc2cc(F)ccc2SCCN=Cc2cnn3ccc1nc23. The van der Waals surface area contributed by atoms with E-state index in [1.54, 1.807) is 28.5 Å². The highest BCUT2D eigenvalue weighted by Crippen LogP contribution is 2.26. The highest BCUT2D eigenvalue weighted by molar-refractivity contribution is 7.99. The predicted octanol–water partition coefficient (Wildman–Crippen LogP) is 3.03. The molecule has 4 rings (SSSR count). The van der Waals surface area contributed by atoms with Crippen molar-refractivity contribution in [3.63, 3.8) is 0 Å². The normalized spacial score (nSPS) is 15.0. The first-order valence-electron chi connectivity index (χ1n) is 7.67. The number of hydrogen-bond donors (Lipinski definition) is 0. The van der Waals surface area contributed by atoms with E-state index in [1.165, 1.54) is 6.07 Å². The molecule has 0 N–H and O–H groups in total. The first-order valence-corrected chi connectivity index (χ1v) is 8.66. The third kappa shape index (κ3) is 2.87. The number of fused-ring (bicyclic) bond motifs is 2. The molecule has 0 aliphatic carbocycles. The van der Waals surface area contributed by atoms with Gasteiger partial charge >= 0.3 is 0 Å². The van der Waals surface area contributed by atoms with Crippen LogP contribution in [0.25, 0.3) is 5.65 Å². The van der Waals surface area contributed by atoms with Crippen LogP contribution in [0.4, 0.5) is 10.2 Å². The average Bonchev–Trinajstić information content (AvgIpc) is 2.98. The Bertz CT molecular complexity index is 920. The van der Waals surface area contributed by atoms with Crippen LogP contribution in [0.2, 0.25) is 0 Å². The summed E-state index contributed by atoms with van der Waals surface area (Å²) in [7, 11) is 1.96. The molecule has 7 heteroatoms. The van der Waals surface area contributed by atoms with Crippen LogP contribution in [0.3, 0.4) is 0 Å². The molecule has 2 aromatic heterocycles. The van der Waals surface area contributed by atoms with Gasteiger partial charge in [-0.3, -0.25) is 4.99 Å². The molecule has 1 aromatic carbocycles. The summed E-state index contributed by atoms with van der Waals surface area (Å²) in [6.45, 7) is 1.28. The Balaban J connectivity index is 1.80. The minimum Gasteiger partial charge on any atom is -0.355 e. The largest absolute Gasteiger partial charge is 0.355 e. The van der Waals surface area contributed by atoms with Gasteiger partial charge in [-0.1, -0.05) is 0 Å². The number of halogens is 1. The molecule has 0 spiro atoms. The van der Waals surface area contributed by atoms with Gasteiger partial charge in [0.15, 0.2) is 5.65 Å². The number of anilines is 1. The van der Waals surface area contributed by atoms with Crippen molar-refractivity contribution in [1.82, 2.24) is 14.6 Å². The van der Waals surface area contributed by atoms with Gasteiger partial charge in [0, 0.05) is 43.2 Å².